The van der Waals surface area contributed by atoms with Gasteiger partial charge in [0.1, 0.15) is 0 Å². The van der Waals surface area contributed by atoms with Crippen LogP contribution in [-0.2, 0) is 6.54 Å². The van der Waals surface area contributed by atoms with Gasteiger partial charge in [-0.25, -0.2) is 0 Å². The SMILES string of the molecule is CN(CC(=O)c1cccc([N+](=O)[O-])c1)Cc1cccs1. The number of hydrogen-bond acceptors (Lipinski definition) is 5. The van der Waals surface area contributed by atoms with Gasteiger partial charge in [0.25, 0.3) is 5.69 Å². The van der Waals surface area contributed by atoms with Crippen LogP contribution in [0.1, 0.15) is 15.2 Å². The number of hydrogen-bond donors (Lipinski definition) is 0. The van der Waals surface area contributed by atoms with Gasteiger partial charge in [0.15, 0.2) is 5.78 Å². The molecule has 6 heteroatoms. The zero-order valence-corrected chi connectivity index (χ0v) is 11.8. The highest BCUT2D eigenvalue weighted by molar-refractivity contribution is 7.09. The lowest BCUT2D eigenvalue weighted by Gasteiger charge is -2.14. The Morgan fingerprint density at radius 2 is 2.15 bits per heavy atom. The molecule has 0 saturated carbocycles. The van der Waals surface area contributed by atoms with E-state index < -0.39 is 4.92 Å². The van der Waals surface area contributed by atoms with Crippen molar-refractivity contribution >= 4 is 22.8 Å². The van der Waals surface area contributed by atoms with Crippen molar-refractivity contribution in [3.63, 3.8) is 0 Å². The zero-order valence-electron chi connectivity index (χ0n) is 11.0. The molecule has 0 aliphatic rings. The van der Waals surface area contributed by atoms with E-state index >= 15 is 0 Å². The van der Waals surface area contributed by atoms with E-state index in [0.29, 0.717) is 12.1 Å². The number of carbonyl (C=O) groups is 1. The standard InChI is InChI=1S/C14H14N2O3S/c1-15(9-13-6-3-7-20-13)10-14(17)11-4-2-5-12(8-11)16(18)19/h2-8H,9-10H2,1H3. The number of non-ortho nitro benzene ring substituents is 1. The lowest BCUT2D eigenvalue weighted by molar-refractivity contribution is -0.384. The van der Waals surface area contributed by atoms with Gasteiger partial charge >= 0.3 is 0 Å². The second kappa shape index (κ2) is 6.40. The molecule has 5 nitrogen and oxygen atoms in total. The largest absolute Gasteiger partial charge is 0.294 e. The molecule has 20 heavy (non-hydrogen) atoms. The average Bonchev–Trinajstić information content (AvgIpc) is 2.91. The molecule has 0 saturated heterocycles. The van der Waals surface area contributed by atoms with Crippen LogP contribution in [0.3, 0.4) is 0 Å². The maximum Gasteiger partial charge on any atom is 0.270 e. The number of nitrogens with zero attached hydrogens (tertiary/aromatic N) is 2. The molecule has 0 atom stereocenters. The number of carbonyl (C=O) groups excluding carboxylic acids is 1. The molecule has 1 aromatic carbocycles. The summed E-state index contributed by atoms with van der Waals surface area (Å²) in [6, 6.07) is 9.82. The van der Waals surface area contributed by atoms with Crippen LogP contribution in [0.4, 0.5) is 5.69 Å². The van der Waals surface area contributed by atoms with Crippen molar-refractivity contribution in [3.05, 3.63) is 62.3 Å². The molecule has 0 fully saturated rings. The molecule has 2 aromatic rings. The zero-order chi connectivity index (χ0) is 14.5. The minimum absolute atomic E-state index is 0.0586. The van der Waals surface area contributed by atoms with Crippen LogP contribution >= 0.6 is 11.3 Å². The summed E-state index contributed by atoms with van der Waals surface area (Å²) in [4.78, 5) is 25.4. The minimum atomic E-state index is -0.494. The van der Waals surface area contributed by atoms with Crippen LogP contribution < -0.4 is 0 Å². The third-order valence-electron chi connectivity index (χ3n) is 2.80. The van der Waals surface area contributed by atoms with Gasteiger partial charge < -0.3 is 0 Å². The van der Waals surface area contributed by atoms with Crippen LogP contribution in [0.2, 0.25) is 0 Å². The van der Waals surface area contributed by atoms with Crippen molar-refractivity contribution in [2.45, 2.75) is 6.54 Å². The summed E-state index contributed by atoms with van der Waals surface area (Å²) in [5.74, 6) is -0.118. The summed E-state index contributed by atoms with van der Waals surface area (Å²) in [7, 11) is 1.86. The first-order valence-corrected chi connectivity index (χ1v) is 6.93. The second-order valence-corrected chi connectivity index (χ2v) is 5.51. The average molecular weight is 290 g/mol. The molecule has 0 unspecified atom stereocenters. The van der Waals surface area contributed by atoms with E-state index in [4.69, 9.17) is 0 Å². The fourth-order valence-electron chi connectivity index (χ4n) is 1.85. The van der Waals surface area contributed by atoms with Crippen LogP contribution in [0.15, 0.2) is 41.8 Å². The van der Waals surface area contributed by atoms with E-state index in [1.54, 1.807) is 17.4 Å². The Kier molecular flexibility index (Phi) is 4.60. The predicted octanol–water partition coefficient (Wildman–Crippen LogP) is 2.97. The first-order valence-electron chi connectivity index (χ1n) is 6.05. The van der Waals surface area contributed by atoms with Crippen LogP contribution in [0.5, 0.6) is 0 Å². The van der Waals surface area contributed by atoms with Crippen molar-refractivity contribution in [1.82, 2.24) is 4.90 Å². The molecule has 1 aromatic heterocycles. The highest BCUT2D eigenvalue weighted by Crippen LogP contribution is 2.15. The number of likely N-dealkylation sites (N-methyl/N-ethyl adjacent to an activating group) is 1. The van der Waals surface area contributed by atoms with Gasteiger partial charge in [-0.15, -0.1) is 11.3 Å². The number of thiophene rings is 1. The van der Waals surface area contributed by atoms with Crippen LogP contribution in [0.25, 0.3) is 0 Å². The third kappa shape index (κ3) is 3.72. The van der Waals surface area contributed by atoms with Crippen LogP contribution in [-0.4, -0.2) is 29.2 Å². The minimum Gasteiger partial charge on any atom is -0.294 e. The summed E-state index contributed by atoms with van der Waals surface area (Å²) in [6.07, 6.45) is 0. The van der Waals surface area contributed by atoms with Gasteiger partial charge in [-0.3, -0.25) is 19.8 Å². The van der Waals surface area contributed by atoms with Gasteiger partial charge in [0.05, 0.1) is 11.5 Å². The third-order valence-corrected chi connectivity index (χ3v) is 3.66. The van der Waals surface area contributed by atoms with E-state index in [-0.39, 0.29) is 18.0 Å². The molecule has 2 rings (SSSR count). The molecule has 0 radical (unpaired) electrons. The maximum atomic E-state index is 12.1. The smallest absolute Gasteiger partial charge is 0.270 e. The Hall–Kier alpha value is -2.05. The Labute approximate surface area is 120 Å². The number of benzene rings is 1. The lowest BCUT2D eigenvalue weighted by atomic mass is 10.1. The number of rotatable bonds is 6. The lowest BCUT2D eigenvalue weighted by Crippen LogP contribution is -2.25. The van der Waals surface area contributed by atoms with Crippen LogP contribution in [0, 0.1) is 10.1 Å². The summed E-state index contributed by atoms with van der Waals surface area (Å²) in [6.45, 7) is 0.928. The fraction of sp³-hybridized carbons (Fsp3) is 0.214. The molecule has 0 bridgehead atoms. The van der Waals surface area contributed by atoms with E-state index in [1.165, 1.54) is 23.1 Å². The summed E-state index contributed by atoms with van der Waals surface area (Å²) < 4.78 is 0. The second-order valence-electron chi connectivity index (χ2n) is 4.48. The molecule has 1 heterocycles. The molecule has 0 aliphatic carbocycles. The van der Waals surface area contributed by atoms with Gasteiger partial charge in [0, 0.05) is 29.1 Å². The quantitative estimate of drug-likeness (QED) is 0.466. The van der Waals surface area contributed by atoms with E-state index in [0.717, 1.165) is 0 Å². The molecule has 104 valence electrons. The molecule has 0 spiro atoms. The van der Waals surface area contributed by atoms with Gasteiger partial charge in [-0.05, 0) is 18.5 Å². The Bertz CT molecular complexity index is 611. The van der Waals surface area contributed by atoms with E-state index in [1.807, 2.05) is 29.5 Å². The summed E-state index contributed by atoms with van der Waals surface area (Å²) >= 11 is 1.64. The first kappa shape index (κ1) is 14.4. The monoisotopic (exact) mass is 290 g/mol. The Morgan fingerprint density at radius 1 is 1.35 bits per heavy atom. The Balaban J connectivity index is 2.00. The Morgan fingerprint density at radius 3 is 2.80 bits per heavy atom. The van der Waals surface area contributed by atoms with Gasteiger partial charge in [-0.1, -0.05) is 18.2 Å². The van der Waals surface area contributed by atoms with E-state index in [9.17, 15) is 14.9 Å². The summed E-state index contributed by atoms with van der Waals surface area (Å²) in [5.41, 5.74) is 0.314. The van der Waals surface area contributed by atoms with Crippen molar-refractivity contribution in [3.8, 4) is 0 Å². The van der Waals surface area contributed by atoms with Crippen molar-refractivity contribution in [2.24, 2.45) is 0 Å². The molecular formula is C14H14N2O3S. The maximum absolute atomic E-state index is 12.1. The first-order chi connectivity index (χ1) is 9.56. The number of Topliss-reactive ketones (excluding diaryl/α,β-unsaturated/α-hetero) is 1. The molecular weight excluding hydrogens is 276 g/mol. The predicted molar refractivity (Wildman–Crippen MR) is 78.1 cm³/mol. The molecule has 0 aliphatic heterocycles. The van der Waals surface area contributed by atoms with E-state index in [2.05, 4.69) is 0 Å². The highest BCUT2D eigenvalue weighted by Gasteiger charge is 2.13. The van der Waals surface area contributed by atoms with Crippen molar-refractivity contribution in [2.75, 3.05) is 13.6 Å². The highest BCUT2D eigenvalue weighted by atomic mass is 32.1. The number of nitro groups is 1. The van der Waals surface area contributed by atoms with Gasteiger partial charge in [0.2, 0.25) is 0 Å². The normalized spacial score (nSPS) is 10.7. The van der Waals surface area contributed by atoms with Crippen molar-refractivity contribution < 1.29 is 9.72 Å². The van der Waals surface area contributed by atoms with Gasteiger partial charge in [-0.2, -0.15) is 0 Å². The van der Waals surface area contributed by atoms with Crippen molar-refractivity contribution in [1.29, 1.82) is 0 Å². The number of nitro benzene ring substituents is 1. The fourth-order valence-corrected chi connectivity index (χ4v) is 2.64. The topological polar surface area (TPSA) is 63.5 Å². The molecule has 0 N–H and O–H groups in total. The molecule has 0 amide bonds. The summed E-state index contributed by atoms with van der Waals surface area (Å²) in [5, 5.41) is 12.7. The number of ketones is 1.